The number of carbonyl (C=O) groups excluding carboxylic acids is 1. The summed E-state index contributed by atoms with van der Waals surface area (Å²) in [5.41, 5.74) is 0. The van der Waals surface area contributed by atoms with Gasteiger partial charge in [0.1, 0.15) is 6.23 Å². The molecule has 0 radical (unpaired) electrons. The van der Waals surface area contributed by atoms with E-state index in [4.69, 9.17) is 4.74 Å². The van der Waals surface area contributed by atoms with Crippen LogP contribution in [0.1, 0.15) is 12.8 Å². The maximum Gasteiger partial charge on any atom is 0.322 e. The third kappa shape index (κ3) is 2.62. The van der Waals surface area contributed by atoms with E-state index in [0.717, 1.165) is 31.7 Å². The smallest absolute Gasteiger partial charge is 0.322 e. The van der Waals surface area contributed by atoms with Gasteiger partial charge < -0.3 is 10.1 Å². The molecule has 1 fully saturated rings. The quantitative estimate of drug-likeness (QED) is 0.670. The Bertz CT molecular complexity index is 251. The number of urea groups is 1. The molecule has 0 aromatic heterocycles. The van der Waals surface area contributed by atoms with Crippen LogP contribution in [0.15, 0.2) is 4.99 Å². The first-order chi connectivity index (χ1) is 6.84. The third-order valence-corrected chi connectivity index (χ3v) is 2.92. The fourth-order valence-electron chi connectivity index (χ4n) is 1.38. The van der Waals surface area contributed by atoms with Gasteiger partial charge in [0, 0.05) is 12.4 Å². The zero-order valence-corrected chi connectivity index (χ0v) is 8.60. The fraction of sp³-hybridized carbons (Fsp3) is 0.750. The van der Waals surface area contributed by atoms with Crippen molar-refractivity contribution >= 4 is 23.0 Å². The summed E-state index contributed by atoms with van der Waals surface area (Å²) in [5.74, 6) is 0.954. The Kier molecular flexibility index (Phi) is 3.26. The van der Waals surface area contributed by atoms with Gasteiger partial charge in [0.2, 0.25) is 0 Å². The first-order valence-electron chi connectivity index (χ1n) is 4.71. The number of nitrogens with zero attached hydrogens (tertiary/aromatic N) is 1. The lowest BCUT2D eigenvalue weighted by molar-refractivity contribution is 0.0915. The van der Waals surface area contributed by atoms with Crippen LogP contribution in [-0.2, 0) is 4.74 Å². The molecule has 5 nitrogen and oxygen atoms in total. The summed E-state index contributed by atoms with van der Waals surface area (Å²) in [5, 5.41) is 6.14. The molecule has 0 aromatic carbocycles. The van der Waals surface area contributed by atoms with Crippen molar-refractivity contribution in [3.05, 3.63) is 0 Å². The van der Waals surface area contributed by atoms with Crippen molar-refractivity contribution in [2.75, 3.05) is 18.9 Å². The van der Waals surface area contributed by atoms with Crippen LogP contribution in [0.25, 0.3) is 0 Å². The van der Waals surface area contributed by atoms with Gasteiger partial charge in [-0.25, -0.2) is 4.79 Å². The highest BCUT2D eigenvalue weighted by atomic mass is 32.2. The third-order valence-electron chi connectivity index (χ3n) is 2.03. The van der Waals surface area contributed by atoms with E-state index < -0.39 is 0 Å². The lowest BCUT2D eigenvalue weighted by Gasteiger charge is -2.12. The van der Waals surface area contributed by atoms with Crippen LogP contribution in [0.5, 0.6) is 0 Å². The largest absolute Gasteiger partial charge is 0.358 e. The number of nitrogens with one attached hydrogen (secondary N) is 2. The maximum atomic E-state index is 11.4. The molecule has 2 amide bonds. The zero-order valence-electron chi connectivity index (χ0n) is 7.78. The van der Waals surface area contributed by atoms with E-state index in [9.17, 15) is 4.79 Å². The van der Waals surface area contributed by atoms with Gasteiger partial charge in [-0.3, -0.25) is 10.3 Å². The average molecular weight is 215 g/mol. The lowest BCUT2D eigenvalue weighted by atomic mass is 10.3. The Hall–Kier alpha value is -0.750. The number of ether oxygens (including phenoxy) is 1. The van der Waals surface area contributed by atoms with Crippen molar-refractivity contribution in [3.8, 4) is 0 Å². The number of amides is 2. The molecule has 2 aliphatic rings. The van der Waals surface area contributed by atoms with Crippen LogP contribution in [0.3, 0.4) is 0 Å². The minimum absolute atomic E-state index is 0.123. The van der Waals surface area contributed by atoms with Gasteiger partial charge in [-0.2, -0.15) is 0 Å². The monoisotopic (exact) mass is 215 g/mol. The molecule has 1 atom stereocenters. The molecule has 6 heteroatoms. The minimum Gasteiger partial charge on any atom is -0.358 e. The van der Waals surface area contributed by atoms with Crippen LogP contribution in [-0.4, -0.2) is 36.3 Å². The predicted octanol–water partition coefficient (Wildman–Crippen LogP) is 0.525. The maximum absolute atomic E-state index is 11.4. The number of hydrogen-bond acceptors (Lipinski definition) is 4. The van der Waals surface area contributed by atoms with Crippen LogP contribution in [0, 0.1) is 0 Å². The molecule has 2 rings (SSSR count). The van der Waals surface area contributed by atoms with Crippen molar-refractivity contribution in [2.24, 2.45) is 4.99 Å². The van der Waals surface area contributed by atoms with Crippen molar-refractivity contribution in [1.29, 1.82) is 0 Å². The highest BCUT2D eigenvalue weighted by molar-refractivity contribution is 8.14. The number of rotatable bonds is 1. The molecule has 78 valence electrons. The molecule has 2 N–H and O–H groups in total. The van der Waals surface area contributed by atoms with Crippen LogP contribution in [0.2, 0.25) is 0 Å². The average Bonchev–Trinajstić information content (AvgIpc) is 2.76. The second-order valence-corrected chi connectivity index (χ2v) is 4.22. The molecule has 2 heterocycles. The Morgan fingerprint density at radius 2 is 2.57 bits per heavy atom. The number of amidine groups is 1. The summed E-state index contributed by atoms with van der Waals surface area (Å²) in [6.45, 7) is 1.53. The molecular weight excluding hydrogens is 202 g/mol. The van der Waals surface area contributed by atoms with Crippen molar-refractivity contribution in [1.82, 2.24) is 10.6 Å². The topological polar surface area (TPSA) is 62.7 Å². The predicted molar refractivity (Wildman–Crippen MR) is 55.4 cm³/mol. The fourth-order valence-corrected chi connectivity index (χ4v) is 2.11. The standard InChI is InChI=1S/C8H13N3O2S/c12-7(10-6-2-1-4-13-6)11-8-9-3-5-14-8/h6H,1-5H2,(H2,9,10,11,12). The van der Waals surface area contributed by atoms with Crippen LogP contribution >= 0.6 is 11.8 Å². The molecule has 2 aliphatic heterocycles. The van der Waals surface area contributed by atoms with Crippen molar-refractivity contribution in [2.45, 2.75) is 19.1 Å². The highest BCUT2D eigenvalue weighted by Gasteiger charge is 2.18. The number of aliphatic imine (C=N–C) groups is 1. The Morgan fingerprint density at radius 3 is 3.21 bits per heavy atom. The summed E-state index contributed by atoms with van der Waals surface area (Å²) in [6.07, 6.45) is 1.79. The lowest BCUT2D eigenvalue weighted by Crippen LogP contribution is -2.43. The summed E-state index contributed by atoms with van der Waals surface area (Å²) in [6, 6.07) is -0.218. The summed E-state index contributed by atoms with van der Waals surface area (Å²) >= 11 is 1.57. The number of hydrogen-bond donors (Lipinski definition) is 2. The van der Waals surface area contributed by atoms with Gasteiger partial charge in [-0.15, -0.1) is 0 Å². The first-order valence-corrected chi connectivity index (χ1v) is 5.69. The van der Waals surface area contributed by atoms with E-state index >= 15 is 0 Å². The van der Waals surface area contributed by atoms with Gasteiger partial charge in [0.05, 0.1) is 6.54 Å². The Labute approximate surface area is 86.7 Å². The van der Waals surface area contributed by atoms with Gasteiger partial charge in [0.15, 0.2) is 5.17 Å². The molecule has 14 heavy (non-hydrogen) atoms. The number of carbonyl (C=O) groups is 1. The highest BCUT2D eigenvalue weighted by Crippen LogP contribution is 2.10. The zero-order chi connectivity index (χ0) is 9.80. The molecule has 0 spiro atoms. The van der Waals surface area contributed by atoms with Crippen LogP contribution in [0.4, 0.5) is 4.79 Å². The molecule has 1 unspecified atom stereocenters. The van der Waals surface area contributed by atoms with E-state index in [2.05, 4.69) is 15.6 Å². The molecule has 1 saturated heterocycles. The van der Waals surface area contributed by atoms with Gasteiger partial charge in [-0.05, 0) is 12.8 Å². The second-order valence-electron chi connectivity index (χ2n) is 3.14. The van der Waals surface area contributed by atoms with E-state index in [0.29, 0.717) is 5.17 Å². The van der Waals surface area contributed by atoms with E-state index in [1.165, 1.54) is 0 Å². The minimum atomic E-state index is -0.218. The number of thioether (sulfide) groups is 1. The second kappa shape index (κ2) is 4.65. The SMILES string of the molecule is O=C(NC1=NCCS1)NC1CCCO1. The summed E-state index contributed by atoms with van der Waals surface area (Å²) in [4.78, 5) is 15.5. The Balaban J connectivity index is 1.72. The van der Waals surface area contributed by atoms with Crippen LogP contribution < -0.4 is 10.6 Å². The normalized spacial score (nSPS) is 26.0. The summed E-state index contributed by atoms with van der Waals surface area (Å²) in [7, 11) is 0. The Morgan fingerprint density at radius 1 is 1.64 bits per heavy atom. The van der Waals surface area contributed by atoms with E-state index in [1.54, 1.807) is 11.8 Å². The molecule has 0 bridgehead atoms. The van der Waals surface area contributed by atoms with E-state index in [-0.39, 0.29) is 12.3 Å². The molecule has 0 aliphatic carbocycles. The molecule has 0 aromatic rings. The summed E-state index contributed by atoms with van der Waals surface area (Å²) < 4.78 is 5.27. The van der Waals surface area contributed by atoms with E-state index in [1.807, 2.05) is 0 Å². The van der Waals surface area contributed by atoms with Gasteiger partial charge in [0.25, 0.3) is 0 Å². The van der Waals surface area contributed by atoms with Gasteiger partial charge in [-0.1, -0.05) is 11.8 Å². The van der Waals surface area contributed by atoms with Crippen molar-refractivity contribution in [3.63, 3.8) is 0 Å². The van der Waals surface area contributed by atoms with Crippen molar-refractivity contribution < 1.29 is 9.53 Å². The first kappa shape index (κ1) is 9.79. The molecular formula is C8H13N3O2S. The molecule has 0 saturated carbocycles. The van der Waals surface area contributed by atoms with Gasteiger partial charge >= 0.3 is 6.03 Å².